The van der Waals surface area contributed by atoms with Gasteiger partial charge in [0.05, 0.1) is 5.04 Å². The molecular weight excluding hydrogens is 214 g/mol. The SMILES string of the molecule is CC.CC(Cc1ccccc1)C1=NCCS1. The van der Waals surface area contributed by atoms with Gasteiger partial charge in [-0.15, -0.1) is 11.8 Å². The van der Waals surface area contributed by atoms with E-state index in [0.29, 0.717) is 5.92 Å². The van der Waals surface area contributed by atoms with Gasteiger partial charge in [-0.2, -0.15) is 0 Å². The fraction of sp³-hybridized carbons (Fsp3) is 0.500. The first-order chi connectivity index (χ1) is 7.86. The molecule has 0 saturated heterocycles. The van der Waals surface area contributed by atoms with Crippen LogP contribution in [0.5, 0.6) is 0 Å². The molecule has 88 valence electrons. The standard InChI is InChI=1S/C12H15NS.C2H6/c1-10(12-13-7-8-14-12)9-11-5-3-2-4-6-11;1-2/h2-6,10H,7-9H2,1H3;1-2H3. The van der Waals surface area contributed by atoms with E-state index < -0.39 is 0 Å². The number of benzene rings is 1. The lowest BCUT2D eigenvalue weighted by molar-refractivity contribution is 0.776. The minimum atomic E-state index is 0.588. The zero-order chi connectivity index (χ0) is 11.8. The van der Waals surface area contributed by atoms with Gasteiger partial charge in [-0.25, -0.2) is 0 Å². The molecule has 16 heavy (non-hydrogen) atoms. The van der Waals surface area contributed by atoms with Gasteiger partial charge in [-0.3, -0.25) is 4.99 Å². The Labute approximate surface area is 103 Å². The van der Waals surface area contributed by atoms with Crippen molar-refractivity contribution in [2.45, 2.75) is 27.2 Å². The summed E-state index contributed by atoms with van der Waals surface area (Å²) in [6.07, 6.45) is 1.12. The van der Waals surface area contributed by atoms with Crippen molar-refractivity contribution in [3.05, 3.63) is 35.9 Å². The summed E-state index contributed by atoms with van der Waals surface area (Å²) in [7, 11) is 0. The van der Waals surface area contributed by atoms with Crippen molar-refractivity contribution in [2.24, 2.45) is 10.9 Å². The molecule has 1 aliphatic rings. The van der Waals surface area contributed by atoms with E-state index in [2.05, 4.69) is 42.2 Å². The molecule has 2 heteroatoms. The number of thioether (sulfide) groups is 1. The molecule has 0 bridgehead atoms. The van der Waals surface area contributed by atoms with E-state index in [0.717, 1.165) is 13.0 Å². The predicted molar refractivity (Wildman–Crippen MR) is 75.4 cm³/mol. The summed E-state index contributed by atoms with van der Waals surface area (Å²) >= 11 is 1.92. The van der Waals surface area contributed by atoms with Crippen LogP contribution in [0.3, 0.4) is 0 Å². The Morgan fingerprint density at radius 3 is 2.50 bits per heavy atom. The average Bonchev–Trinajstić information content (AvgIpc) is 2.86. The van der Waals surface area contributed by atoms with Crippen LogP contribution in [0.2, 0.25) is 0 Å². The fourth-order valence-corrected chi connectivity index (χ4v) is 2.65. The molecule has 0 amide bonds. The van der Waals surface area contributed by atoms with Crippen LogP contribution in [-0.4, -0.2) is 17.3 Å². The molecule has 1 aromatic carbocycles. The van der Waals surface area contributed by atoms with Gasteiger partial charge in [0.2, 0.25) is 0 Å². The van der Waals surface area contributed by atoms with Gasteiger partial charge < -0.3 is 0 Å². The molecule has 1 heterocycles. The molecule has 0 fully saturated rings. The van der Waals surface area contributed by atoms with E-state index in [1.54, 1.807) is 0 Å². The van der Waals surface area contributed by atoms with Crippen molar-refractivity contribution in [1.29, 1.82) is 0 Å². The lowest BCUT2D eigenvalue weighted by Crippen LogP contribution is -2.08. The molecule has 0 aromatic heterocycles. The van der Waals surface area contributed by atoms with Gasteiger partial charge in [0.25, 0.3) is 0 Å². The summed E-state index contributed by atoms with van der Waals surface area (Å²) in [4.78, 5) is 4.51. The zero-order valence-corrected chi connectivity index (χ0v) is 11.3. The molecule has 2 rings (SSSR count). The van der Waals surface area contributed by atoms with Crippen molar-refractivity contribution < 1.29 is 0 Å². The van der Waals surface area contributed by atoms with Crippen molar-refractivity contribution in [1.82, 2.24) is 0 Å². The number of hydrogen-bond acceptors (Lipinski definition) is 2. The Bertz CT molecular complexity index is 319. The Kier molecular flexibility index (Phi) is 6.24. The maximum atomic E-state index is 4.51. The Morgan fingerprint density at radius 2 is 1.94 bits per heavy atom. The molecule has 0 N–H and O–H groups in total. The third-order valence-electron chi connectivity index (χ3n) is 2.42. The van der Waals surface area contributed by atoms with Gasteiger partial charge in [-0.05, 0) is 12.0 Å². The number of rotatable bonds is 3. The van der Waals surface area contributed by atoms with Crippen molar-refractivity contribution >= 4 is 16.8 Å². The largest absolute Gasteiger partial charge is 0.282 e. The van der Waals surface area contributed by atoms with E-state index in [1.165, 1.54) is 16.4 Å². The number of nitrogens with zero attached hydrogens (tertiary/aromatic N) is 1. The van der Waals surface area contributed by atoms with Crippen molar-refractivity contribution in [2.75, 3.05) is 12.3 Å². The molecule has 0 saturated carbocycles. The van der Waals surface area contributed by atoms with Crippen molar-refractivity contribution in [3.63, 3.8) is 0 Å². The highest BCUT2D eigenvalue weighted by atomic mass is 32.2. The second kappa shape index (κ2) is 7.50. The van der Waals surface area contributed by atoms with Crippen LogP contribution in [0.15, 0.2) is 35.3 Å². The second-order valence-electron chi connectivity index (χ2n) is 3.66. The minimum absolute atomic E-state index is 0.588. The van der Waals surface area contributed by atoms with Crippen molar-refractivity contribution in [3.8, 4) is 0 Å². The minimum Gasteiger partial charge on any atom is -0.282 e. The normalized spacial score (nSPS) is 16.1. The molecule has 0 spiro atoms. The topological polar surface area (TPSA) is 12.4 Å². The third-order valence-corrected chi connectivity index (χ3v) is 3.63. The number of aliphatic imine (C=N–C) groups is 1. The maximum Gasteiger partial charge on any atom is 0.0708 e. The van der Waals surface area contributed by atoms with Crippen LogP contribution in [0, 0.1) is 5.92 Å². The van der Waals surface area contributed by atoms with E-state index in [4.69, 9.17) is 0 Å². The summed E-state index contributed by atoms with van der Waals surface area (Å²) in [6.45, 7) is 7.28. The van der Waals surface area contributed by atoms with E-state index >= 15 is 0 Å². The van der Waals surface area contributed by atoms with E-state index in [9.17, 15) is 0 Å². The summed E-state index contributed by atoms with van der Waals surface area (Å²) in [5.74, 6) is 1.76. The molecular formula is C14H21NS. The molecule has 1 atom stereocenters. The first kappa shape index (κ1) is 13.3. The van der Waals surface area contributed by atoms with Gasteiger partial charge in [0, 0.05) is 18.2 Å². The molecule has 1 aliphatic heterocycles. The summed E-state index contributed by atoms with van der Waals surface area (Å²) < 4.78 is 0. The highest BCUT2D eigenvalue weighted by Crippen LogP contribution is 2.21. The molecule has 0 radical (unpaired) electrons. The zero-order valence-electron chi connectivity index (χ0n) is 10.4. The van der Waals surface area contributed by atoms with Gasteiger partial charge in [0.1, 0.15) is 0 Å². The van der Waals surface area contributed by atoms with Crippen LogP contribution in [0.4, 0.5) is 0 Å². The monoisotopic (exact) mass is 235 g/mol. The summed E-state index contributed by atoms with van der Waals surface area (Å²) in [6, 6.07) is 10.7. The molecule has 1 unspecified atom stereocenters. The smallest absolute Gasteiger partial charge is 0.0708 e. The summed E-state index contributed by atoms with van der Waals surface area (Å²) in [5.41, 5.74) is 1.41. The Balaban J connectivity index is 0.000000606. The summed E-state index contributed by atoms with van der Waals surface area (Å²) in [5, 5.41) is 1.34. The third kappa shape index (κ3) is 4.01. The fourth-order valence-electron chi connectivity index (χ4n) is 1.70. The maximum absolute atomic E-state index is 4.51. The van der Waals surface area contributed by atoms with Crippen LogP contribution in [0.25, 0.3) is 0 Å². The Morgan fingerprint density at radius 1 is 1.25 bits per heavy atom. The van der Waals surface area contributed by atoms with Crippen LogP contribution in [0.1, 0.15) is 26.3 Å². The second-order valence-corrected chi connectivity index (χ2v) is 4.77. The molecule has 1 aromatic rings. The lowest BCUT2D eigenvalue weighted by atomic mass is 10.0. The van der Waals surface area contributed by atoms with Gasteiger partial charge in [0.15, 0.2) is 0 Å². The van der Waals surface area contributed by atoms with Crippen LogP contribution >= 0.6 is 11.8 Å². The molecule has 0 aliphatic carbocycles. The highest BCUT2D eigenvalue weighted by Gasteiger charge is 2.15. The van der Waals surface area contributed by atoms with Crippen LogP contribution < -0.4 is 0 Å². The highest BCUT2D eigenvalue weighted by molar-refractivity contribution is 8.14. The quantitative estimate of drug-likeness (QED) is 0.770. The van der Waals surface area contributed by atoms with Crippen LogP contribution in [-0.2, 0) is 6.42 Å². The predicted octanol–water partition coefficient (Wildman–Crippen LogP) is 4.04. The first-order valence-electron chi connectivity index (χ1n) is 6.07. The van der Waals surface area contributed by atoms with Gasteiger partial charge >= 0.3 is 0 Å². The first-order valence-corrected chi connectivity index (χ1v) is 7.06. The molecule has 1 nitrogen and oxygen atoms in total. The lowest BCUT2D eigenvalue weighted by Gasteiger charge is -2.10. The number of hydrogen-bond donors (Lipinski definition) is 0. The Hall–Kier alpha value is -0.760. The van der Waals surface area contributed by atoms with E-state index in [1.807, 2.05) is 25.6 Å². The average molecular weight is 235 g/mol. The van der Waals surface area contributed by atoms with Gasteiger partial charge in [-0.1, -0.05) is 51.1 Å². The van der Waals surface area contributed by atoms with E-state index in [-0.39, 0.29) is 0 Å².